The molecule has 24 heavy (non-hydrogen) atoms. The summed E-state index contributed by atoms with van der Waals surface area (Å²) in [7, 11) is 1.98. The Bertz CT molecular complexity index is 589. The highest BCUT2D eigenvalue weighted by molar-refractivity contribution is 7.98. The van der Waals surface area contributed by atoms with E-state index in [0.29, 0.717) is 11.7 Å². The molecule has 134 valence electrons. The summed E-state index contributed by atoms with van der Waals surface area (Å²) in [6, 6.07) is 4.41. The number of phenolic OH excluding ortho intramolecular Hbond substituents is 1. The summed E-state index contributed by atoms with van der Waals surface area (Å²) in [6.07, 6.45) is 0.977. The molecule has 0 aromatic heterocycles. The molecule has 1 aromatic rings. The van der Waals surface area contributed by atoms with Gasteiger partial charge < -0.3 is 10.4 Å². The van der Waals surface area contributed by atoms with Crippen LogP contribution in [0.3, 0.4) is 0 Å². The molecule has 1 unspecified atom stereocenters. The number of nitrogens with zero attached hydrogens (tertiary/aromatic N) is 1. The van der Waals surface area contributed by atoms with Crippen LogP contribution in [0, 0.1) is 0 Å². The summed E-state index contributed by atoms with van der Waals surface area (Å²) in [5.41, 5.74) is 4.45. The van der Waals surface area contributed by atoms with Gasteiger partial charge in [0.05, 0.1) is 0 Å². The largest absolute Gasteiger partial charge is 0.507 e. The van der Waals surface area contributed by atoms with Gasteiger partial charge in [0.1, 0.15) is 5.75 Å². The SMILES string of the molecule is CNCCC1=NSCC1c1cc(C(C)(C)C)c(O)c(C(C)(C)C)c1. The van der Waals surface area contributed by atoms with E-state index in [2.05, 4.69) is 63.4 Å². The predicted octanol–water partition coefficient (Wildman–Crippen LogP) is 4.78. The molecule has 0 radical (unpaired) electrons. The zero-order valence-corrected chi connectivity index (χ0v) is 17.0. The van der Waals surface area contributed by atoms with Crippen molar-refractivity contribution in [3.05, 3.63) is 28.8 Å². The quantitative estimate of drug-likeness (QED) is 0.769. The van der Waals surface area contributed by atoms with Crippen LogP contribution in [0.4, 0.5) is 0 Å². The second-order valence-electron chi connectivity index (χ2n) is 8.75. The zero-order valence-electron chi connectivity index (χ0n) is 16.2. The molecule has 0 saturated heterocycles. The first-order valence-electron chi connectivity index (χ1n) is 8.77. The van der Waals surface area contributed by atoms with E-state index in [1.165, 1.54) is 11.3 Å². The van der Waals surface area contributed by atoms with Crippen LogP contribution < -0.4 is 5.32 Å². The van der Waals surface area contributed by atoms with E-state index in [-0.39, 0.29) is 10.8 Å². The molecule has 2 N–H and O–H groups in total. The van der Waals surface area contributed by atoms with Gasteiger partial charge in [-0.2, -0.15) is 0 Å². The van der Waals surface area contributed by atoms with Crippen molar-refractivity contribution in [1.29, 1.82) is 0 Å². The molecule has 1 aromatic carbocycles. The van der Waals surface area contributed by atoms with Crippen molar-refractivity contribution >= 4 is 17.7 Å². The number of hydrogen-bond acceptors (Lipinski definition) is 4. The van der Waals surface area contributed by atoms with Gasteiger partial charge in [-0.15, -0.1) is 0 Å². The summed E-state index contributed by atoms with van der Waals surface area (Å²) < 4.78 is 4.67. The summed E-state index contributed by atoms with van der Waals surface area (Å²) in [4.78, 5) is 0. The molecule has 0 aliphatic carbocycles. The van der Waals surface area contributed by atoms with E-state index < -0.39 is 0 Å². The Hall–Kier alpha value is -1.00. The molecule has 0 amide bonds. The smallest absolute Gasteiger partial charge is 0.123 e. The minimum Gasteiger partial charge on any atom is -0.507 e. The maximum atomic E-state index is 10.9. The number of aromatic hydroxyl groups is 1. The fourth-order valence-corrected chi connectivity index (χ4v) is 4.11. The lowest BCUT2D eigenvalue weighted by Crippen LogP contribution is -2.21. The van der Waals surface area contributed by atoms with Gasteiger partial charge in [-0.1, -0.05) is 53.7 Å². The number of nitrogens with one attached hydrogen (secondary N) is 1. The van der Waals surface area contributed by atoms with Gasteiger partial charge in [-0.3, -0.25) is 0 Å². The fraction of sp³-hybridized carbons (Fsp3) is 0.650. The van der Waals surface area contributed by atoms with Crippen molar-refractivity contribution < 1.29 is 5.11 Å². The Morgan fingerprint density at radius 1 is 1.12 bits per heavy atom. The predicted molar refractivity (Wildman–Crippen MR) is 107 cm³/mol. The van der Waals surface area contributed by atoms with Gasteiger partial charge in [-0.25, -0.2) is 4.40 Å². The summed E-state index contributed by atoms with van der Waals surface area (Å²) in [5, 5.41) is 14.1. The molecule has 0 bridgehead atoms. The molecule has 0 saturated carbocycles. The van der Waals surface area contributed by atoms with Gasteiger partial charge in [0.25, 0.3) is 0 Å². The zero-order chi connectivity index (χ0) is 18.1. The van der Waals surface area contributed by atoms with Crippen LogP contribution >= 0.6 is 11.9 Å². The first kappa shape index (κ1) is 19.3. The maximum Gasteiger partial charge on any atom is 0.123 e. The molecular weight excluding hydrogens is 316 g/mol. The highest BCUT2D eigenvalue weighted by Crippen LogP contribution is 2.43. The summed E-state index contributed by atoms with van der Waals surface area (Å²) >= 11 is 1.66. The first-order valence-corrected chi connectivity index (χ1v) is 9.71. The van der Waals surface area contributed by atoms with Gasteiger partial charge in [-0.05, 0) is 52.9 Å². The number of hydrogen-bond donors (Lipinski definition) is 2. The number of rotatable bonds is 4. The average molecular weight is 349 g/mol. The normalized spacial score (nSPS) is 18.8. The Morgan fingerprint density at radius 2 is 1.67 bits per heavy atom. The monoisotopic (exact) mass is 348 g/mol. The number of benzene rings is 1. The molecule has 3 nitrogen and oxygen atoms in total. The molecule has 1 aliphatic heterocycles. The van der Waals surface area contributed by atoms with Crippen LogP contribution in [-0.4, -0.2) is 30.2 Å². The van der Waals surface area contributed by atoms with Crippen molar-refractivity contribution in [1.82, 2.24) is 5.32 Å². The third-order valence-corrected chi connectivity index (χ3v) is 5.45. The van der Waals surface area contributed by atoms with Crippen LogP contribution in [0.2, 0.25) is 0 Å². The Morgan fingerprint density at radius 3 is 2.12 bits per heavy atom. The van der Waals surface area contributed by atoms with Crippen LogP contribution in [-0.2, 0) is 10.8 Å². The van der Waals surface area contributed by atoms with Crippen molar-refractivity contribution in [2.75, 3.05) is 19.3 Å². The second-order valence-corrected chi connectivity index (χ2v) is 9.52. The van der Waals surface area contributed by atoms with Crippen LogP contribution in [0.5, 0.6) is 5.75 Å². The van der Waals surface area contributed by atoms with E-state index in [0.717, 1.165) is 29.8 Å². The summed E-state index contributed by atoms with van der Waals surface area (Å²) in [6.45, 7) is 13.9. The minimum absolute atomic E-state index is 0.0892. The Balaban J connectivity index is 2.53. The Kier molecular flexibility index (Phi) is 5.71. The number of phenols is 1. The van der Waals surface area contributed by atoms with Gasteiger partial charge >= 0.3 is 0 Å². The standard InChI is InChI=1S/C20H32N2OS/c1-19(2,3)15-10-13(11-16(18(15)23)20(4,5)6)14-12-24-22-17(14)8-9-21-7/h10-11,14,21,23H,8-9,12H2,1-7H3. The van der Waals surface area contributed by atoms with Crippen molar-refractivity contribution in [3.8, 4) is 5.75 Å². The topological polar surface area (TPSA) is 44.6 Å². The first-order chi connectivity index (χ1) is 11.1. The van der Waals surface area contributed by atoms with E-state index in [4.69, 9.17) is 0 Å². The second kappa shape index (κ2) is 7.09. The maximum absolute atomic E-state index is 10.9. The van der Waals surface area contributed by atoms with Gasteiger partial charge in [0, 0.05) is 23.9 Å². The minimum atomic E-state index is -0.0892. The highest BCUT2D eigenvalue weighted by Gasteiger charge is 2.30. The van der Waals surface area contributed by atoms with Crippen LogP contribution in [0.25, 0.3) is 0 Å². The lowest BCUT2D eigenvalue weighted by Gasteiger charge is -2.29. The van der Waals surface area contributed by atoms with Crippen LogP contribution in [0.1, 0.15) is 70.6 Å². The molecule has 1 heterocycles. The molecule has 2 rings (SSSR count). The van der Waals surface area contributed by atoms with E-state index >= 15 is 0 Å². The van der Waals surface area contributed by atoms with Gasteiger partial charge in [0.15, 0.2) is 0 Å². The van der Waals surface area contributed by atoms with Crippen LogP contribution in [0.15, 0.2) is 16.5 Å². The van der Waals surface area contributed by atoms with E-state index in [9.17, 15) is 5.11 Å². The molecule has 1 aliphatic rings. The Labute approximate surface area is 151 Å². The summed E-state index contributed by atoms with van der Waals surface area (Å²) in [5.74, 6) is 1.81. The molecule has 1 atom stereocenters. The van der Waals surface area contributed by atoms with E-state index in [1.807, 2.05) is 7.05 Å². The molecule has 0 fully saturated rings. The highest BCUT2D eigenvalue weighted by atomic mass is 32.2. The van der Waals surface area contributed by atoms with Gasteiger partial charge in [0.2, 0.25) is 0 Å². The van der Waals surface area contributed by atoms with Crippen molar-refractivity contribution in [2.24, 2.45) is 4.40 Å². The third kappa shape index (κ3) is 4.15. The molecular formula is C20H32N2OS. The van der Waals surface area contributed by atoms with E-state index in [1.54, 1.807) is 11.9 Å². The third-order valence-electron chi connectivity index (χ3n) is 4.61. The molecule has 4 heteroatoms. The average Bonchev–Trinajstić information content (AvgIpc) is 2.91. The lowest BCUT2D eigenvalue weighted by molar-refractivity contribution is 0.422. The lowest BCUT2D eigenvalue weighted by atomic mass is 9.76. The van der Waals surface area contributed by atoms with Crippen molar-refractivity contribution in [3.63, 3.8) is 0 Å². The van der Waals surface area contributed by atoms with Crippen molar-refractivity contribution in [2.45, 2.75) is 64.7 Å². The fourth-order valence-electron chi connectivity index (χ4n) is 3.12. The molecule has 0 spiro atoms.